The Morgan fingerprint density at radius 3 is 2.71 bits per heavy atom. The van der Waals surface area contributed by atoms with E-state index in [-0.39, 0.29) is 5.78 Å². The van der Waals surface area contributed by atoms with Crippen LogP contribution in [0.4, 0.5) is 0 Å². The third kappa shape index (κ3) is 1.72. The normalized spacial score (nSPS) is 20.6. The first kappa shape index (κ1) is 9.80. The lowest BCUT2D eigenvalue weighted by Gasteiger charge is -2.30. The molecule has 1 heterocycles. The van der Waals surface area contributed by atoms with Crippen molar-refractivity contribution in [1.82, 2.24) is 4.37 Å². The summed E-state index contributed by atoms with van der Waals surface area (Å²) >= 11 is 1.30. The molecule has 0 bridgehead atoms. The number of nitrogens with zero attached hydrogens (tertiary/aromatic N) is 1. The summed E-state index contributed by atoms with van der Waals surface area (Å²) in [5.41, 5.74) is 6.02. The molecule has 2 rings (SSSR count). The van der Waals surface area contributed by atoms with Crippen LogP contribution in [-0.4, -0.2) is 15.7 Å². The summed E-state index contributed by atoms with van der Waals surface area (Å²) in [4.78, 5) is 12.0. The van der Waals surface area contributed by atoms with E-state index in [2.05, 4.69) is 4.37 Å². The molecule has 4 heteroatoms. The van der Waals surface area contributed by atoms with Gasteiger partial charge in [0, 0.05) is 5.38 Å². The number of nitrogens with two attached hydrogens (primary N) is 1. The van der Waals surface area contributed by atoms with Crippen molar-refractivity contribution in [3.05, 3.63) is 17.1 Å². The van der Waals surface area contributed by atoms with Gasteiger partial charge in [-0.05, 0) is 30.4 Å². The molecule has 3 nitrogen and oxygen atoms in total. The van der Waals surface area contributed by atoms with Gasteiger partial charge >= 0.3 is 0 Å². The van der Waals surface area contributed by atoms with Crippen LogP contribution in [0.3, 0.4) is 0 Å². The van der Waals surface area contributed by atoms with E-state index in [0.717, 1.165) is 25.7 Å². The van der Waals surface area contributed by atoms with E-state index in [9.17, 15) is 4.79 Å². The molecule has 0 radical (unpaired) electrons. The Morgan fingerprint density at radius 2 is 2.14 bits per heavy atom. The maximum Gasteiger partial charge on any atom is 0.201 e. The number of hydrogen-bond acceptors (Lipinski definition) is 4. The Balaban J connectivity index is 2.17. The van der Waals surface area contributed by atoms with E-state index in [1.807, 2.05) is 5.38 Å². The Morgan fingerprint density at radius 1 is 1.43 bits per heavy atom. The molecule has 0 saturated heterocycles. The standard InChI is InChI=1S/C10H14N2OS/c11-10(5-2-1-3-6-10)9(13)8-4-7-14-12-8/h4,7H,1-3,5-6,11H2. The molecule has 0 amide bonds. The SMILES string of the molecule is NC1(C(=O)c2ccsn2)CCCCC1. The van der Waals surface area contributed by atoms with Crippen LogP contribution in [0.5, 0.6) is 0 Å². The highest BCUT2D eigenvalue weighted by molar-refractivity contribution is 7.03. The van der Waals surface area contributed by atoms with Gasteiger partial charge in [-0.3, -0.25) is 4.79 Å². The smallest absolute Gasteiger partial charge is 0.201 e. The summed E-state index contributed by atoms with van der Waals surface area (Å²) in [6.45, 7) is 0. The fourth-order valence-electron chi connectivity index (χ4n) is 1.99. The van der Waals surface area contributed by atoms with Crippen LogP contribution in [0, 0.1) is 0 Å². The van der Waals surface area contributed by atoms with Gasteiger partial charge in [-0.2, -0.15) is 4.37 Å². The quantitative estimate of drug-likeness (QED) is 0.759. The Bertz CT molecular complexity index is 315. The molecule has 2 N–H and O–H groups in total. The maximum absolute atomic E-state index is 12.0. The van der Waals surface area contributed by atoms with Gasteiger partial charge in [0.15, 0.2) is 0 Å². The fraction of sp³-hybridized carbons (Fsp3) is 0.600. The first-order valence-corrected chi connectivity index (χ1v) is 5.80. The van der Waals surface area contributed by atoms with E-state index in [1.165, 1.54) is 18.0 Å². The second-order valence-corrected chi connectivity index (χ2v) is 4.60. The lowest BCUT2D eigenvalue weighted by molar-refractivity contribution is 0.0844. The number of aromatic nitrogens is 1. The van der Waals surface area contributed by atoms with E-state index in [4.69, 9.17) is 5.73 Å². The fourth-order valence-corrected chi connectivity index (χ4v) is 2.50. The van der Waals surface area contributed by atoms with Gasteiger partial charge in [0.25, 0.3) is 0 Å². The molecule has 14 heavy (non-hydrogen) atoms. The number of hydrogen-bond donors (Lipinski definition) is 1. The van der Waals surface area contributed by atoms with Gasteiger partial charge in [-0.25, -0.2) is 0 Å². The number of carbonyl (C=O) groups is 1. The summed E-state index contributed by atoms with van der Waals surface area (Å²) in [6.07, 6.45) is 4.94. The Kier molecular flexibility index (Phi) is 2.65. The molecule has 1 saturated carbocycles. The zero-order valence-corrected chi connectivity index (χ0v) is 8.85. The minimum atomic E-state index is -0.633. The Hall–Kier alpha value is -0.740. The van der Waals surface area contributed by atoms with E-state index in [0.29, 0.717) is 5.69 Å². The minimum absolute atomic E-state index is 0.0263. The van der Waals surface area contributed by atoms with Crippen molar-refractivity contribution in [3.63, 3.8) is 0 Å². The van der Waals surface area contributed by atoms with E-state index in [1.54, 1.807) is 6.07 Å². The molecule has 1 aromatic heterocycles. The molecule has 1 aliphatic carbocycles. The third-order valence-electron chi connectivity index (χ3n) is 2.87. The van der Waals surface area contributed by atoms with E-state index < -0.39 is 5.54 Å². The molecule has 0 unspecified atom stereocenters. The summed E-state index contributed by atoms with van der Waals surface area (Å²) in [5, 5.41) is 1.82. The second-order valence-electron chi connectivity index (χ2n) is 3.93. The van der Waals surface area contributed by atoms with Gasteiger partial charge in [0.1, 0.15) is 5.69 Å². The zero-order valence-electron chi connectivity index (χ0n) is 8.03. The van der Waals surface area contributed by atoms with Crippen molar-refractivity contribution < 1.29 is 4.79 Å². The lowest BCUT2D eigenvalue weighted by atomic mass is 9.78. The number of rotatable bonds is 2. The average molecular weight is 210 g/mol. The average Bonchev–Trinajstić information content (AvgIpc) is 2.70. The largest absolute Gasteiger partial charge is 0.319 e. The van der Waals surface area contributed by atoms with Crippen molar-refractivity contribution in [2.75, 3.05) is 0 Å². The molecule has 1 aliphatic rings. The molecule has 0 spiro atoms. The first-order valence-electron chi connectivity index (χ1n) is 4.96. The first-order chi connectivity index (χ1) is 6.72. The van der Waals surface area contributed by atoms with Crippen LogP contribution in [0.15, 0.2) is 11.4 Å². The van der Waals surface area contributed by atoms with Crippen molar-refractivity contribution in [2.24, 2.45) is 5.73 Å². The highest BCUT2D eigenvalue weighted by atomic mass is 32.1. The number of ketones is 1. The summed E-state index contributed by atoms with van der Waals surface area (Å²) in [7, 11) is 0. The monoisotopic (exact) mass is 210 g/mol. The highest BCUT2D eigenvalue weighted by Crippen LogP contribution is 2.28. The summed E-state index contributed by atoms with van der Waals surface area (Å²) in [5.74, 6) is 0.0263. The Labute approximate surface area is 87.5 Å². The van der Waals surface area contributed by atoms with Gasteiger partial charge in [-0.15, -0.1) is 0 Å². The topological polar surface area (TPSA) is 56.0 Å². The summed E-state index contributed by atoms with van der Waals surface area (Å²) in [6, 6.07) is 1.76. The molecular weight excluding hydrogens is 196 g/mol. The predicted molar refractivity (Wildman–Crippen MR) is 56.4 cm³/mol. The minimum Gasteiger partial charge on any atom is -0.319 e. The van der Waals surface area contributed by atoms with Gasteiger partial charge in [0.2, 0.25) is 5.78 Å². The highest BCUT2D eigenvalue weighted by Gasteiger charge is 2.36. The second kappa shape index (κ2) is 3.79. The molecule has 0 aliphatic heterocycles. The molecule has 76 valence electrons. The van der Waals surface area contributed by atoms with Crippen LogP contribution in [-0.2, 0) is 0 Å². The van der Waals surface area contributed by atoms with Gasteiger partial charge < -0.3 is 5.73 Å². The molecule has 0 atom stereocenters. The molecule has 0 aromatic carbocycles. The van der Waals surface area contributed by atoms with Crippen LogP contribution in [0.1, 0.15) is 42.6 Å². The number of Topliss-reactive ketones (excluding diaryl/α,β-unsaturated/α-hetero) is 1. The van der Waals surface area contributed by atoms with Gasteiger partial charge in [-0.1, -0.05) is 19.3 Å². The number of carbonyl (C=O) groups excluding carboxylic acids is 1. The lowest BCUT2D eigenvalue weighted by Crippen LogP contribution is -2.49. The van der Waals surface area contributed by atoms with E-state index >= 15 is 0 Å². The van der Waals surface area contributed by atoms with Crippen molar-refractivity contribution in [1.29, 1.82) is 0 Å². The predicted octanol–water partition coefficient (Wildman–Crippen LogP) is 1.99. The molecule has 1 fully saturated rings. The van der Waals surface area contributed by atoms with Crippen LogP contribution in [0.2, 0.25) is 0 Å². The van der Waals surface area contributed by atoms with Gasteiger partial charge in [0.05, 0.1) is 5.54 Å². The zero-order chi connectivity index (χ0) is 10.0. The van der Waals surface area contributed by atoms with Crippen LogP contribution >= 0.6 is 11.5 Å². The third-order valence-corrected chi connectivity index (χ3v) is 3.43. The van der Waals surface area contributed by atoms with Crippen LogP contribution in [0.25, 0.3) is 0 Å². The van der Waals surface area contributed by atoms with Crippen LogP contribution < -0.4 is 5.73 Å². The van der Waals surface area contributed by atoms with Crippen molar-refractivity contribution in [2.45, 2.75) is 37.6 Å². The van der Waals surface area contributed by atoms with Crippen molar-refractivity contribution >= 4 is 17.3 Å². The van der Waals surface area contributed by atoms with Crippen molar-refractivity contribution in [3.8, 4) is 0 Å². The molecule has 1 aromatic rings. The molecular formula is C10H14N2OS. The maximum atomic E-state index is 12.0. The summed E-state index contributed by atoms with van der Waals surface area (Å²) < 4.78 is 4.05.